The smallest absolute Gasteiger partial charge is 0.223 e. The number of carbonyl (C=O) groups excluding carboxylic acids is 1. The van der Waals surface area contributed by atoms with Crippen LogP contribution in [0, 0.1) is 17.6 Å². The van der Waals surface area contributed by atoms with Crippen molar-refractivity contribution in [1.29, 1.82) is 0 Å². The molecule has 1 saturated heterocycles. The van der Waals surface area contributed by atoms with Gasteiger partial charge >= 0.3 is 0 Å². The number of aryl methyl sites for hydroxylation is 1. The fourth-order valence-electron chi connectivity index (χ4n) is 4.29. The Labute approximate surface area is 193 Å². The molecule has 1 N–H and O–H groups in total. The van der Waals surface area contributed by atoms with Gasteiger partial charge in [0, 0.05) is 43.0 Å². The van der Waals surface area contributed by atoms with Gasteiger partial charge in [0.05, 0.1) is 12.4 Å². The normalized spacial score (nSPS) is 17.4. The molecule has 166 valence electrons. The minimum absolute atomic E-state index is 0.240. The molecule has 0 spiro atoms. The molecule has 0 unspecified atom stereocenters. The second-order valence-corrected chi connectivity index (χ2v) is 9.15. The van der Waals surface area contributed by atoms with E-state index in [1.165, 1.54) is 0 Å². The summed E-state index contributed by atoms with van der Waals surface area (Å²) in [5, 5.41) is 8.13. The SMILES string of the molecule is Cc1ccccc1-n1c(-c2cccnc2)nn(CN2CCC(NC(=O)C3CC3)CC2)c1=S. The van der Waals surface area contributed by atoms with Crippen LogP contribution in [0.5, 0.6) is 0 Å². The van der Waals surface area contributed by atoms with Crippen LogP contribution in [0.4, 0.5) is 0 Å². The van der Waals surface area contributed by atoms with Crippen molar-refractivity contribution in [2.24, 2.45) is 5.92 Å². The average Bonchev–Trinajstić information content (AvgIpc) is 3.62. The zero-order valence-electron chi connectivity index (χ0n) is 18.3. The predicted octanol–water partition coefficient (Wildman–Crippen LogP) is 3.72. The summed E-state index contributed by atoms with van der Waals surface area (Å²) < 4.78 is 4.62. The van der Waals surface area contributed by atoms with Gasteiger partial charge in [-0.2, -0.15) is 0 Å². The zero-order valence-corrected chi connectivity index (χ0v) is 19.1. The second kappa shape index (κ2) is 8.96. The van der Waals surface area contributed by atoms with E-state index in [9.17, 15) is 4.79 Å². The Kier molecular flexibility index (Phi) is 5.89. The average molecular weight is 449 g/mol. The molecule has 2 aliphatic rings. The molecule has 3 heterocycles. The van der Waals surface area contributed by atoms with Crippen molar-refractivity contribution >= 4 is 18.1 Å². The highest BCUT2D eigenvalue weighted by atomic mass is 32.1. The van der Waals surface area contributed by atoms with E-state index in [0.29, 0.717) is 11.4 Å². The van der Waals surface area contributed by atoms with Gasteiger partial charge in [-0.1, -0.05) is 18.2 Å². The Morgan fingerprint density at radius 1 is 1.12 bits per heavy atom. The molecule has 1 aliphatic carbocycles. The van der Waals surface area contributed by atoms with Crippen molar-refractivity contribution in [3.63, 3.8) is 0 Å². The monoisotopic (exact) mass is 448 g/mol. The highest BCUT2D eigenvalue weighted by Crippen LogP contribution is 2.29. The minimum Gasteiger partial charge on any atom is -0.353 e. The standard InChI is InChI=1S/C24H28N6OS/c1-17-5-2-3-7-21(17)30-22(19-6-4-12-25-15-19)27-29(24(30)32)16-28-13-10-20(11-14-28)26-23(31)18-8-9-18/h2-7,12,15,18,20H,8-11,13-14,16H2,1H3,(H,26,31). The molecular formula is C24H28N6OS. The number of aromatic nitrogens is 4. The number of benzene rings is 1. The van der Waals surface area contributed by atoms with E-state index in [1.807, 2.05) is 39.7 Å². The van der Waals surface area contributed by atoms with Crippen molar-refractivity contribution < 1.29 is 4.79 Å². The van der Waals surface area contributed by atoms with E-state index in [0.717, 1.165) is 61.4 Å². The quantitative estimate of drug-likeness (QED) is 0.582. The minimum atomic E-state index is 0.240. The number of carbonyl (C=O) groups is 1. The number of rotatable bonds is 6. The Balaban J connectivity index is 1.37. The van der Waals surface area contributed by atoms with Gasteiger partial charge in [0.2, 0.25) is 10.7 Å². The summed E-state index contributed by atoms with van der Waals surface area (Å²) in [6.45, 7) is 4.55. The molecule has 5 rings (SSSR count). The van der Waals surface area contributed by atoms with E-state index in [1.54, 1.807) is 6.20 Å². The molecule has 3 aromatic rings. The van der Waals surface area contributed by atoms with Crippen LogP contribution in [0.15, 0.2) is 48.8 Å². The summed E-state index contributed by atoms with van der Waals surface area (Å²) >= 11 is 5.90. The van der Waals surface area contributed by atoms with Crippen LogP contribution >= 0.6 is 12.2 Å². The molecule has 0 radical (unpaired) electrons. The lowest BCUT2D eigenvalue weighted by Crippen LogP contribution is -2.45. The van der Waals surface area contributed by atoms with Crippen LogP contribution < -0.4 is 5.32 Å². The number of hydrogen-bond acceptors (Lipinski definition) is 5. The molecule has 1 aromatic carbocycles. The maximum atomic E-state index is 12.1. The largest absolute Gasteiger partial charge is 0.353 e. The topological polar surface area (TPSA) is 68.0 Å². The zero-order chi connectivity index (χ0) is 22.1. The van der Waals surface area contributed by atoms with Crippen LogP contribution in [0.1, 0.15) is 31.2 Å². The summed E-state index contributed by atoms with van der Waals surface area (Å²) in [5.74, 6) is 1.30. The van der Waals surface area contributed by atoms with E-state index in [4.69, 9.17) is 17.3 Å². The molecule has 1 amide bonds. The number of para-hydroxylation sites is 1. The molecule has 32 heavy (non-hydrogen) atoms. The van der Waals surface area contributed by atoms with Crippen LogP contribution in [-0.2, 0) is 11.5 Å². The van der Waals surface area contributed by atoms with Crippen molar-refractivity contribution in [3.8, 4) is 17.1 Å². The number of amides is 1. The summed E-state index contributed by atoms with van der Waals surface area (Å²) in [4.78, 5) is 18.7. The predicted molar refractivity (Wildman–Crippen MR) is 126 cm³/mol. The van der Waals surface area contributed by atoms with E-state index >= 15 is 0 Å². The summed E-state index contributed by atoms with van der Waals surface area (Å²) in [7, 11) is 0. The second-order valence-electron chi connectivity index (χ2n) is 8.79. The Morgan fingerprint density at radius 2 is 1.91 bits per heavy atom. The van der Waals surface area contributed by atoms with Crippen molar-refractivity contribution in [3.05, 3.63) is 59.1 Å². The van der Waals surface area contributed by atoms with Gasteiger partial charge in [-0.15, -0.1) is 5.10 Å². The van der Waals surface area contributed by atoms with E-state index in [-0.39, 0.29) is 17.9 Å². The number of nitrogens with zero attached hydrogens (tertiary/aromatic N) is 5. The lowest BCUT2D eigenvalue weighted by molar-refractivity contribution is -0.123. The molecule has 1 saturated carbocycles. The first-order valence-electron chi connectivity index (χ1n) is 11.3. The van der Waals surface area contributed by atoms with Gasteiger partial charge in [-0.3, -0.25) is 19.2 Å². The first-order valence-corrected chi connectivity index (χ1v) is 11.7. The number of piperidine rings is 1. The van der Waals surface area contributed by atoms with Gasteiger partial charge in [-0.05, 0) is 68.6 Å². The first-order chi connectivity index (χ1) is 15.6. The van der Waals surface area contributed by atoms with Crippen LogP contribution in [0.25, 0.3) is 17.1 Å². The molecule has 8 heteroatoms. The van der Waals surface area contributed by atoms with Crippen LogP contribution in [0.2, 0.25) is 0 Å². The van der Waals surface area contributed by atoms with Crippen LogP contribution in [-0.4, -0.2) is 49.3 Å². The number of hydrogen-bond donors (Lipinski definition) is 1. The summed E-state index contributed by atoms with van der Waals surface area (Å²) in [5.41, 5.74) is 3.10. The highest BCUT2D eigenvalue weighted by Gasteiger charge is 2.32. The summed E-state index contributed by atoms with van der Waals surface area (Å²) in [6.07, 6.45) is 7.60. The van der Waals surface area contributed by atoms with Gasteiger partial charge in [0.1, 0.15) is 0 Å². The third-order valence-corrected chi connectivity index (χ3v) is 6.72. The molecule has 1 aliphatic heterocycles. The van der Waals surface area contributed by atoms with E-state index < -0.39 is 0 Å². The van der Waals surface area contributed by atoms with Gasteiger partial charge in [0.25, 0.3) is 0 Å². The fraction of sp³-hybridized carbons (Fsp3) is 0.417. The lowest BCUT2D eigenvalue weighted by atomic mass is 10.1. The number of likely N-dealkylation sites (tertiary alicyclic amines) is 1. The van der Waals surface area contributed by atoms with Crippen molar-refractivity contribution in [2.45, 2.75) is 45.3 Å². The number of pyridine rings is 1. The molecule has 2 aromatic heterocycles. The third kappa shape index (κ3) is 4.38. The highest BCUT2D eigenvalue weighted by molar-refractivity contribution is 7.71. The Morgan fingerprint density at radius 3 is 2.59 bits per heavy atom. The lowest BCUT2D eigenvalue weighted by Gasteiger charge is -2.32. The third-order valence-electron chi connectivity index (χ3n) is 6.33. The molecular weight excluding hydrogens is 420 g/mol. The number of nitrogens with one attached hydrogen (secondary N) is 1. The molecule has 7 nitrogen and oxygen atoms in total. The van der Waals surface area contributed by atoms with E-state index in [2.05, 4.69) is 34.3 Å². The molecule has 0 atom stereocenters. The Hall–Kier alpha value is -2.84. The van der Waals surface area contributed by atoms with Crippen molar-refractivity contribution in [1.82, 2.24) is 29.5 Å². The van der Waals surface area contributed by atoms with Crippen molar-refractivity contribution in [2.75, 3.05) is 13.1 Å². The summed E-state index contributed by atoms with van der Waals surface area (Å²) in [6, 6.07) is 12.4. The molecule has 0 bridgehead atoms. The molecule has 2 fully saturated rings. The Bertz CT molecular complexity index is 1160. The maximum Gasteiger partial charge on any atom is 0.223 e. The van der Waals surface area contributed by atoms with Crippen LogP contribution in [0.3, 0.4) is 0 Å². The van der Waals surface area contributed by atoms with Gasteiger partial charge in [0.15, 0.2) is 5.82 Å². The van der Waals surface area contributed by atoms with Gasteiger partial charge in [-0.25, -0.2) is 4.68 Å². The first kappa shape index (κ1) is 21.0. The maximum absolute atomic E-state index is 12.1. The fourth-order valence-corrected chi connectivity index (χ4v) is 4.57. The van der Waals surface area contributed by atoms with Gasteiger partial charge < -0.3 is 5.32 Å².